The van der Waals surface area contributed by atoms with E-state index < -0.39 is 0 Å². The molecule has 1 heterocycles. The lowest BCUT2D eigenvalue weighted by molar-refractivity contribution is 0.0971. The summed E-state index contributed by atoms with van der Waals surface area (Å²) in [5.74, 6) is 0.654. The molecule has 1 aliphatic carbocycles. The van der Waals surface area contributed by atoms with Crippen molar-refractivity contribution in [3.8, 4) is 0 Å². The number of aromatic nitrogens is 2. The summed E-state index contributed by atoms with van der Waals surface area (Å²) in [5, 5.41) is 4.42. The van der Waals surface area contributed by atoms with Crippen molar-refractivity contribution < 1.29 is 4.79 Å². The molecule has 1 aromatic rings. The second kappa shape index (κ2) is 3.23. The number of fused-ring (bicyclic) bond motifs is 1. The molecule has 0 unspecified atom stereocenters. The smallest absolute Gasteiger partial charge is 0.166 e. The summed E-state index contributed by atoms with van der Waals surface area (Å²) in [6, 6.07) is 0. The van der Waals surface area contributed by atoms with E-state index in [9.17, 15) is 4.79 Å². The Morgan fingerprint density at radius 2 is 2.07 bits per heavy atom. The van der Waals surface area contributed by atoms with E-state index >= 15 is 0 Å². The van der Waals surface area contributed by atoms with Gasteiger partial charge in [0.15, 0.2) is 5.78 Å². The summed E-state index contributed by atoms with van der Waals surface area (Å²) in [5.41, 5.74) is 3.02. The standard InChI is InChI=1S/C11H16N2O/c1-7(2)11-10-8(12-13(11)3)5-4-6-9(10)14/h7H,4-6H2,1-3H3. The van der Waals surface area contributed by atoms with E-state index in [0.29, 0.717) is 12.3 Å². The monoisotopic (exact) mass is 192 g/mol. The van der Waals surface area contributed by atoms with Gasteiger partial charge in [-0.15, -0.1) is 0 Å². The Kier molecular flexibility index (Phi) is 2.17. The molecule has 2 rings (SSSR count). The Morgan fingerprint density at radius 3 is 2.71 bits per heavy atom. The van der Waals surface area contributed by atoms with Gasteiger partial charge in [-0.05, 0) is 18.8 Å². The first-order chi connectivity index (χ1) is 6.61. The number of nitrogens with zero attached hydrogens (tertiary/aromatic N) is 2. The van der Waals surface area contributed by atoms with Crippen LogP contribution in [0.2, 0.25) is 0 Å². The third-order valence-electron chi connectivity index (χ3n) is 2.81. The van der Waals surface area contributed by atoms with Crippen LogP contribution in [0.4, 0.5) is 0 Å². The van der Waals surface area contributed by atoms with Crippen LogP contribution in [0, 0.1) is 0 Å². The highest BCUT2D eigenvalue weighted by Gasteiger charge is 2.26. The fraction of sp³-hybridized carbons (Fsp3) is 0.636. The second-order valence-electron chi connectivity index (χ2n) is 4.26. The molecule has 3 heteroatoms. The van der Waals surface area contributed by atoms with Gasteiger partial charge in [0.1, 0.15) is 0 Å². The minimum Gasteiger partial charge on any atom is -0.294 e. The molecule has 0 aromatic carbocycles. The molecule has 0 N–H and O–H groups in total. The molecule has 0 atom stereocenters. The minimum atomic E-state index is 0.281. The number of hydrogen-bond acceptors (Lipinski definition) is 2. The van der Waals surface area contributed by atoms with Crippen LogP contribution in [0.25, 0.3) is 0 Å². The van der Waals surface area contributed by atoms with E-state index in [1.54, 1.807) is 0 Å². The van der Waals surface area contributed by atoms with Gasteiger partial charge >= 0.3 is 0 Å². The maximum atomic E-state index is 11.8. The van der Waals surface area contributed by atoms with Gasteiger partial charge < -0.3 is 0 Å². The number of carbonyl (C=O) groups is 1. The maximum Gasteiger partial charge on any atom is 0.166 e. The van der Waals surface area contributed by atoms with Crippen molar-refractivity contribution in [2.45, 2.75) is 39.0 Å². The number of Topliss-reactive ketones (excluding diaryl/α,β-unsaturated/α-hetero) is 1. The van der Waals surface area contributed by atoms with E-state index in [2.05, 4.69) is 18.9 Å². The molecular formula is C11H16N2O. The van der Waals surface area contributed by atoms with Crippen LogP contribution >= 0.6 is 0 Å². The van der Waals surface area contributed by atoms with Crippen molar-refractivity contribution in [3.05, 3.63) is 17.0 Å². The molecule has 0 amide bonds. The molecule has 0 saturated carbocycles. The molecular weight excluding hydrogens is 176 g/mol. The summed E-state index contributed by atoms with van der Waals surface area (Å²) in [6.07, 6.45) is 2.61. The van der Waals surface area contributed by atoms with Crippen molar-refractivity contribution in [1.29, 1.82) is 0 Å². The van der Waals surface area contributed by atoms with E-state index in [0.717, 1.165) is 29.8 Å². The summed E-state index contributed by atoms with van der Waals surface area (Å²) >= 11 is 0. The molecule has 1 aliphatic rings. The number of aryl methyl sites for hydroxylation is 2. The Morgan fingerprint density at radius 1 is 1.36 bits per heavy atom. The van der Waals surface area contributed by atoms with Crippen LogP contribution in [-0.4, -0.2) is 15.6 Å². The lowest BCUT2D eigenvalue weighted by Gasteiger charge is -2.12. The van der Waals surface area contributed by atoms with Crippen LogP contribution in [-0.2, 0) is 13.5 Å². The van der Waals surface area contributed by atoms with Gasteiger partial charge in [-0.3, -0.25) is 9.48 Å². The van der Waals surface area contributed by atoms with E-state index in [1.807, 2.05) is 11.7 Å². The minimum absolute atomic E-state index is 0.281. The Balaban J connectivity index is 2.59. The zero-order valence-electron chi connectivity index (χ0n) is 9.00. The topological polar surface area (TPSA) is 34.9 Å². The van der Waals surface area contributed by atoms with Crippen molar-refractivity contribution in [2.75, 3.05) is 0 Å². The first-order valence-corrected chi connectivity index (χ1v) is 5.20. The molecule has 0 bridgehead atoms. The van der Waals surface area contributed by atoms with Gasteiger partial charge in [-0.25, -0.2) is 0 Å². The van der Waals surface area contributed by atoms with Gasteiger partial charge in [0, 0.05) is 13.5 Å². The average molecular weight is 192 g/mol. The molecule has 14 heavy (non-hydrogen) atoms. The Labute approximate surface area is 84.1 Å². The molecule has 76 valence electrons. The maximum absolute atomic E-state index is 11.8. The van der Waals surface area contributed by atoms with Crippen LogP contribution in [0.1, 0.15) is 54.4 Å². The molecule has 0 spiro atoms. The fourth-order valence-corrected chi connectivity index (χ4v) is 2.28. The van der Waals surface area contributed by atoms with Crippen molar-refractivity contribution in [3.63, 3.8) is 0 Å². The van der Waals surface area contributed by atoms with E-state index in [-0.39, 0.29) is 5.78 Å². The lowest BCUT2D eigenvalue weighted by atomic mass is 9.91. The van der Waals surface area contributed by atoms with Gasteiger partial charge in [0.05, 0.1) is 17.0 Å². The fourth-order valence-electron chi connectivity index (χ4n) is 2.28. The predicted molar refractivity (Wildman–Crippen MR) is 54.6 cm³/mol. The molecule has 0 radical (unpaired) electrons. The quantitative estimate of drug-likeness (QED) is 0.682. The Hall–Kier alpha value is -1.12. The lowest BCUT2D eigenvalue weighted by Crippen LogP contribution is -2.12. The van der Waals surface area contributed by atoms with Crippen LogP contribution < -0.4 is 0 Å². The largest absolute Gasteiger partial charge is 0.294 e. The molecule has 3 nitrogen and oxygen atoms in total. The molecule has 1 aromatic heterocycles. The summed E-state index contributed by atoms with van der Waals surface area (Å²) in [6.45, 7) is 4.22. The highest BCUT2D eigenvalue weighted by atomic mass is 16.1. The third-order valence-corrected chi connectivity index (χ3v) is 2.81. The number of rotatable bonds is 1. The molecule has 0 aliphatic heterocycles. The highest BCUT2D eigenvalue weighted by molar-refractivity contribution is 5.99. The predicted octanol–water partition coefficient (Wildman–Crippen LogP) is 2.06. The molecule has 0 saturated heterocycles. The van der Waals surface area contributed by atoms with Gasteiger partial charge in [0.25, 0.3) is 0 Å². The number of carbonyl (C=O) groups excluding carboxylic acids is 1. The first kappa shape index (κ1) is 9.44. The SMILES string of the molecule is CC(C)c1c2c(nn1C)CCCC2=O. The van der Waals surface area contributed by atoms with Crippen LogP contribution in [0.5, 0.6) is 0 Å². The summed E-state index contributed by atoms with van der Waals surface area (Å²) in [4.78, 5) is 11.8. The van der Waals surface area contributed by atoms with Crippen LogP contribution in [0.3, 0.4) is 0 Å². The summed E-state index contributed by atoms with van der Waals surface area (Å²) < 4.78 is 1.87. The second-order valence-corrected chi connectivity index (χ2v) is 4.26. The van der Waals surface area contributed by atoms with Crippen molar-refractivity contribution in [2.24, 2.45) is 7.05 Å². The average Bonchev–Trinajstić information content (AvgIpc) is 2.42. The Bertz CT molecular complexity index is 377. The molecule has 0 fully saturated rings. The summed E-state index contributed by atoms with van der Waals surface area (Å²) in [7, 11) is 1.93. The van der Waals surface area contributed by atoms with E-state index in [4.69, 9.17) is 0 Å². The first-order valence-electron chi connectivity index (χ1n) is 5.20. The van der Waals surface area contributed by atoms with Crippen molar-refractivity contribution >= 4 is 5.78 Å². The van der Waals surface area contributed by atoms with Gasteiger partial charge in [-0.1, -0.05) is 13.8 Å². The normalized spacial score (nSPS) is 16.1. The van der Waals surface area contributed by atoms with Gasteiger partial charge in [-0.2, -0.15) is 5.10 Å². The van der Waals surface area contributed by atoms with Crippen LogP contribution in [0.15, 0.2) is 0 Å². The van der Waals surface area contributed by atoms with Crippen molar-refractivity contribution in [1.82, 2.24) is 9.78 Å². The number of ketones is 1. The number of hydrogen-bond donors (Lipinski definition) is 0. The zero-order valence-corrected chi connectivity index (χ0v) is 9.00. The van der Waals surface area contributed by atoms with E-state index in [1.165, 1.54) is 0 Å². The zero-order chi connectivity index (χ0) is 10.3. The third kappa shape index (κ3) is 1.27. The highest BCUT2D eigenvalue weighted by Crippen LogP contribution is 2.28. The van der Waals surface area contributed by atoms with Gasteiger partial charge in [0.2, 0.25) is 0 Å².